The number of benzene rings is 1. The van der Waals surface area contributed by atoms with Crippen molar-refractivity contribution in [2.75, 3.05) is 14.2 Å². The summed E-state index contributed by atoms with van der Waals surface area (Å²) in [6.07, 6.45) is 0. The quantitative estimate of drug-likeness (QED) is 0.664. The van der Waals surface area contributed by atoms with Crippen LogP contribution in [0, 0.1) is 0 Å². The number of hydrogen-bond donors (Lipinski definition) is 1. The molecule has 0 radical (unpaired) electrons. The summed E-state index contributed by atoms with van der Waals surface area (Å²) in [7, 11) is 3.01. The lowest BCUT2D eigenvalue weighted by molar-refractivity contribution is 0.333. The zero-order valence-corrected chi connectivity index (χ0v) is 11.0. The van der Waals surface area contributed by atoms with Crippen molar-refractivity contribution in [2.45, 2.75) is 0 Å². The van der Waals surface area contributed by atoms with Crippen molar-refractivity contribution in [1.82, 2.24) is 5.09 Å². The maximum absolute atomic E-state index is 5.19. The van der Waals surface area contributed by atoms with Gasteiger partial charge in [0.15, 0.2) is 0 Å². The van der Waals surface area contributed by atoms with E-state index in [1.165, 1.54) is 14.2 Å². The molecule has 0 unspecified atom stereocenters. The molecular weight excluding hydrogens is 249 g/mol. The monoisotopic (exact) mass is 261 g/mol. The van der Waals surface area contributed by atoms with Gasteiger partial charge < -0.3 is 14.1 Å². The van der Waals surface area contributed by atoms with Gasteiger partial charge in [0.25, 0.3) is 6.64 Å². The van der Waals surface area contributed by atoms with Crippen LogP contribution in [0.15, 0.2) is 30.3 Å². The molecule has 0 spiro atoms. The first kappa shape index (κ1) is 12.7. The van der Waals surface area contributed by atoms with Gasteiger partial charge in [0.2, 0.25) is 0 Å². The normalized spacial score (nSPS) is 11.1. The van der Waals surface area contributed by atoms with Crippen LogP contribution >= 0.6 is 18.9 Å². The minimum absolute atomic E-state index is 0.544. The molecule has 0 bridgehead atoms. The van der Waals surface area contributed by atoms with E-state index in [0.717, 1.165) is 5.56 Å². The summed E-state index contributed by atoms with van der Waals surface area (Å²) in [5.41, 5.74) is 0.899. The van der Waals surface area contributed by atoms with E-state index in [9.17, 15) is 0 Å². The van der Waals surface area contributed by atoms with Gasteiger partial charge in [-0.3, -0.25) is 0 Å². The second-order valence-electron chi connectivity index (χ2n) is 2.67. The van der Waals surface area contributed by atoms with Gasteiger partial charge in [-0.25, -0.2) is 0 Å². The lowest BCUT2D eigenvalue weighted by atomic mass is 10.2. The van der Waals surface area contributed by atoms with E-state index < -0.39 is 6.64 Å². The van der Waals surface area contributed by atoms with E-state index in [-0.39, 0.29) is 0 Å². The second kappa shape index (κ2) is 5.68. The van der Waals surface area contributed by atoms with Crippen molar-refractivity contribution < 1.29 is 9.05 Å². The lowest BCUT2D eigenvalue weighted by Crippen LogP contribution is -2.20. The van der Waals surface area contributed by atoms with Gasteiger partial charge in [-0.15, -0.1) is 0 Å². The highest BCUT2D eigenvalue weighted by Crippen LogP contribution is 2.42. The topological polar surface area (TPSA) is 30.5 Å². The van der Waals surface area contributed by atoms with Crippen LogP contribution in [0.2, 0.25) is 0 Å². The number of thiocarbonyl (C=S) groups is 1. The molecule has 1 N–H and O–H groups in total. The average Bonchev–Trinajstić information content (AvgIpc) is 2.30. The van der Waals surface area contributed by atoms with E-state index in [1.54, 1.807) is 0 Å². The summed E-state index contributed by atoms with van der Waals surface area (Å²) in [6, 6.07) is 9.55. The zero-order chi connectivity index (χ0) is 11.3. The molecule has 0 aliphatic heterocycles. The third-order valence-electron chi connectivity index (χ3n) is 1.76. The third-order valence-corrected chi connectivity index (χ3v) is 4.87. The molecule has 1 aromatic rings. The molecule has 0 fully saturated rings. The molecule has 0 saturated carbocycles. The minimum atomic E-state index is -2.46. The molecule has 1 rings (SSSR count). The Hall–Kier alpha value is -0.320. The Morgan fingerprint density at radius 3 is 2.20 bits per heavy atom. The first-order valence-electron chi connectivity index (χ1n) is 4.20. The fraction of sp³-hybridized carbons (Fsp3) is 0.222. The van der Waals surface area contributed by atoms with Crippen LogP contribution in [-0.4, -0.2) is 19.2 Å². The summed E-state index contributed by atoms with van der Waals surface area (Å²) in [5.74, 6) is 0. The fourth-order valence-electron chi connectivity index (χ4n) is 0.944. The van der Waals surface area contributed by atoms with Crippen LogP contribution < -0.4 is 5.09 Å². The molecule has 0 atom stereocenters. The molecule has 0 saturated heterocycles. The van der Waals surface area contributed by atoms with Gasteiger partial charge in [0, 0.05) is 19.8 Å². The maximum Gasteiger partial charge on any atom is 0.287 e. The average molecular weight is 261 g/mol. The highest BCUT2D eigenvalue weighted by molar-refractivity contribution is 8.09. The first-order valence-corrected chi connectivity index (χ1v) is 7.25. The molecule has 1 aromatic carbocycles. The Bertz CT molecular complexity index is 375. The van der Waals surface area contributed by atoms with E-state index in [0.29, 0.717) is 4.99 Å². The summed E-state index contributed by atoms with van der Waals surface area (Å²) >= 11 is 10.3. The molecule has 0 aliphatic carbocycles. The van der Waals surface area contributed by atoms with Crippen LogP contribution in [-0.2, 0) is 20.9 Å². The van der Waals surface area contributed by atoms with E-state index in [2.05, 4.69) is 5.09 Å². The Morgan fingerprint density at radius 2 is 1.73 bits per heavy atom. The summed E-state index contributed by atoms with van der Waals surface area (Å²) in [6.45, 7) is -2.46. The first-order chi connectivity index (χ1) is 7.11. The Morgan fingerprint density at radius 1 is 1.20 bits per heavy atom. The van der Waals surface area contributed by atoms with Crippen molar-refractivity contribution in [3.8, 4) is 0 Å². The van der Waals surface area contributed by atoms with Crippen LogP contribution in [0.4, 0.5) is 0 Å². The predicted octanol–water partition coefficient (Wildman–Crippen LogP) is 2.47. The Kier molecular flexibility index (Phi) is 4.83. The number of rotatable bonds is 4. The molecule has 15 heavy (non-hydrogen) atoms. The second-order valence-corrected chi connectivity index (χ2v) is 6.47. The minimum Gasteiger partial charge on any atom is -0.317 e. The van der Waals surface area contributed by atoms with E-state index >= 15 is 0 Å². The van der Waals surface area contributed by atoms with E-state index in [4.69, 9.17) is 33.1 Å². The number of nitrogens with one attached hydrogen (secondary N) is 1. The fourth-order valence-corrected chi connectivity index (χ4v) is 2.60. The SMILES string of the molecule is COP(=S)(NC(=S)c1ccccc1)OC. The van der Waals surface area contributed by atoms with Crippen molar-refractivity contribution >= 4 is 35.7 Å². The van der Waals surface area contributed by atoms with Crippen molar-refractivity contribution in [3.05, 3.63) is 35.9 Å². The Labute approximate surface area is 100 Å². The number of hydrogen-bond acceptors (Lipinski definition) is 4. The van der Waals surface area contributed by atoms with Gasteiger partial charge in [0.1, 0.15) is 4.99 Å². The van der Waals surface area contributed by atoms with Gasteiger partial charge in [0.05, 0.1) is 0 Å². The summed E-state index contributed by atoms with van der Waals surface area (Å²) < 4.78 is 10.2. The molecule has 3 nitrogen and oxygen atoms in total. The summed E-state index contributed by atoms with van der Waals surface area (Å²) in [4.78, 5) is 0.544. The molecule has 82 valence electrons. The van der Waals surface area contributed by atoms with Gasteiger partial charge in [-0.05, 0) is 11.8 Å². The van der Waals surface area contributed by atoms with Crippen LogP contribution in [0.25, 0.3) is 0 Å². The largest absolute Gasteiger partial charge is 0.317 e. The molecule has 0 heterocycles. The smallest absolute Gasteiger partial charge is 0.287 e. The van der Waals surface area contributed by atoms with Gasteiger partial charge in [-0.1, -0.05) is 42.5 Å². The highest BCUT2D eigenvalue weighted by atomic mass is 32.5. The van der Waals surface area contributed by atoms with Crippen LogP contribution in [0.1, 0.15) is 5.56 Å². The lowest BCUT2D eigenvalue weighted by Gasteiger charge is -2.20. The summed E-state index contributed by atoms with van der Waals surface area (Å²) in [5, 5.41) is 2.92. The van der Waals surface area contributed by atoms with Crippen molar-refractivity contribution in [2.24, 2.45) is 0 Å². The third kappa shape index (κ3) is 3.63. The van der Waals surface area contributed by atoms with Crippen LogP contribution in [0.3, 0.4) is 0 Å². The highest BCUT2D eigenvalue weighted by Gasteiger charge is 2.16. The zero-order valence-electron chi connectivity index (χ0n) is 8.47. The molecule has 0 aliphatic rings. The van der Waals surface area contributed by atoms with Gasteiger partial charge in [-0.2, -0.15) is 0 Å². The predicted molar refractivity (Wildman–Crippen MR) is 69.6 cm³/mol. The molecule has 0 aromatic heterocycles. The molecule has 0 amide bonds. The van der Waals surface area contributed by atoms with E-state index in [1.807, 2.05) is 30.3 Å². The standard InChI is InChI=1S/C9H12NO2PS2/c1-11-13(15,12-2)10-9(14)8-6-4-3-5-7-8/h3-7H,1-2H3,(H,10,14,15). The Balaban J connectivity index is 2.76. The maximum atomic E-state index is 5.19. The van der Waals surface area contributed by atoms with Crippen LogP contribution in [0.5, 0.6) is 0 Å². The molecular formula is C9H12NO2PS2. The van der Waals surface area contributed by atoms with Crippen molar-refractivity contribution in [1.29, 1.82) is 0 Å². The van der Waals surface area contributed by atoms with Gasteiger partial charge >= 0.3 is 0 Å². The van der Waals surface area contributed by atoms with Crippen molar-refractivity contribution in [3.63, 3.8) is 0 Å². The molecule has 6 heteroatoms.